The molecule has 0 saturated carbocycles. The zero-order valence-electron chi connectivity index (χ0n) is 7.70. The van der Waals surface area contributed by atoms with Gasteiger partial charge in [-0.15, -0.1) is 0 Å². The second-order valence-corrected chi connectivity index (χ2v) is 2.96. The summed E-state index contributed by atoms with van der Waals surface area (Å²) in [5.41, 5.74) is 1.18. The Balaban J connectivity index is 2.35. The Morgan fingerprint density at radius 2 is 2.23 bits per heavy atom. The molecular formula is C10H13N3. The predicted octanol–water partition coefficient (Wildman–Crippen LogP) is 1.60. The van der Waals surface area contributed by atoms with Crippen LogP contribution in [0.15, 0.2) is 30.5 Å². The third kappa shape index (κ3) is 1.55. The minimum absolute atomic E-state index is 0.782. The van der Waals surface area contributed by atoms with Crippen LogP contribution in [-0.2, 0) is 6.67 Å². The van der Waals surface area contributed by atoms with Gasteiger partial charge in [-0.05, 0) is 12.6 Å². The van der Waals surface area contributed by atoms with Crippen molar-refractivity contribution in [1.29, 1.82) is 0 Å². The van der Waals surface area contributed by atoms with Gasteiger partial charge in [0.2, 0.25) is 0 Å². The zero-order chi connectivity index (χ0) is 9.10. The van der Waals surface area contributed by atoms with E-state index in [1.54, 1.807) is 0 Å². The van der Waals surface area contributed by atoms with Gasteiger partial charge in [0.25, 0.3) is 0 Å². The van der Waals surface area contributed by atoms with Gasteiger partial charge in [-0.2, -0.15) is 5.10 Å². The maximum Gasteiger partial charge on any atom is 0.0910 e. The molecule has 2 rings (SSSR count). The van der Waals surface area contributed by atoms with Crippen LogP contribution in [0.25, 0.3) is 10.9 Å². The van der Waals surface area contributed by atoms with E-state index >= 15 is 0 Å². The van der Waals surface area contributed by atoms with E-state index in [-0.39, 0.29) is 0 Å². The Kier molecular flexibility index (Phi) is 2.27. The number of nitrogens with zero attached hydrogens (tertiary/aromatic N) is 2. The van der Waals surface area contributed by atoms with Gasteiger partial charge >= 0.3 is 0 Å². The quantitative estimate of drug-likeness (QED) is 0.768. The number of hydrogen-bond acceptors (Lipinski definition) is 2. The lowest BCUT2D eigenvalue weighted by Gasteiger charge is -2.02. The second-order valence-electron chi connectivity index (χ2n) is 2.96. The van der Waals surface area contributed by atoms with Gasteiger partial charge in [0.15, 0.2) is 0 Å². The minimum Gasteiger partial charge on any atom is -0.299 e. The Labute approximate surface area is 77.4 Å². The molecule has 13 heavy (non-hydrogen) atoms. The number of para-hydroxylation sites is 1. The van der Waals surface area contributed by atoms with Crippen molar-refractivity contribution in [3.63, 3.8) is 0 Å². The fraction of sp³-hybridized carbons (Fsp3) is 0.300. The van der Waals surface area contributed by atoms with Gasteiger partial charge in [-0.3, -0.25) is 10.00 Å². The van der Waals surface area contributed by atoms with Crippen LogP contribution in [0.4, 0.5) is 0 Å². The SMILES string of the molecule is CCNCn1ncc2ccccc21. The van der Waals surface area contributed by atoms with E-state index in [1.165, 1.54) is 10.9 Å². The van der Waals surface area contributed by atoms with Crippen molar-refractivity contribution in [3.8, 4) is 0 Å². The molecule has 0 aliphatic rings. The topological polar surface area (TPSA) is 29.9 Å². The number of aromatic nitrogens is 2. The number of fused-ring (bicyclic) bond motifs is 1. The molecule has 0 saturated heterocycles. The largest absolute Gasteiger partial charge is 0.299 e. The highest BCUT2D eigenvalue weighted by Gasteiger charge is 1.98. The summed E-state index contributed by atoms with van der Waals surface area (Å²) in [6.45, 7) is 3.84. The van der Waals surface area contributed by atoms with E-state index in [9.17, 15) is 0 Å². The molecule has 0 unspecified atom stereocenters. The molecule has 0 aliphatic carbocycles. The van der Waals surface area contributed by atoms with Crippen LogP contribution in [0, 0.1) is 0 Å². The molecule has 1 heterocycles. The van der Waals surface area contributed by atoms with Crippen LogP contribution in [0.2, 0.25) is 0 Å². The Morgan fingerprint density at radius 3 is 3.08 bits per heavy atom. The Bertz CT molecular complexity index is 392. The average molecular weight is 175 g/mol. The molecule has 0 amide bonds. The fourth-order valence-corrected chi connectivity index (χ4v) is 1.37. The van der Waals surface area contributed by atoms with E-state index < -0.39 is 0 Å². The first-order valence-corrected chi connectivity index (χ1v) is 4.53. The molecule has 68 valence electrons. The molecule has 0 fully saturated rings. The molecule has 0 radical (unpaired) electrons. The van der Waals surface area contributed by atoms with Gasteiger partial charge in [-0.25, -0.2) is 0 Å². The molecule has 1 aromatic heterocycles. The molecule has 2 aromatic rings. The van der Waals surface area contributed by atoms with Crippen LogP contribution < -0.4 is 5.32 Å². The lowest BCUT2D eigenvalue weighted by atomic mass is 10.3. The summed E-state index contributed by atoms with van der Waals surface area (Å²) in [6.07, 6.45) is 1.90. The molecule has 3 heteroatoms. The van der Waals surface area contributed by atoms with Crippen LogP contribution in [0.3, 0.4) is 0 Å². The summed E-state index contributed by atoms with van der Waals surface area (Å²) in [5.74, 6) is 0. The van der Waals surface area contributed by atoms with Crippen molar-refractivity contribution in [2.45, 2.75) is 13.6 Å². The van der Waals surface area contributed by atoms with Gasteiger partial charge in [0.1, 0.15) is 0 Å². The third-order valence-corrected chi connectivity index (χ3v) is 2.06. The number of nitrogens with one attached hydrogen (secondary N) is 1. The molecule has 0 aliphatic heterocycles. The Morgan fingerprint density at radius 1 is 1.38 bits per heavy atom. The lowest BCUT2D eigenvalue weighted by Crippen LogP contribution is -2.18. The Hall–Kier alpha value is -1.35. The molecule has 0 spiro atoms. The highest BCUT2D eigenvalue weighted by atomic mass is 15.3. The smallest absolute Gasteiger partial charge is 0.0910 e. The standard InChI is InChI=1S/C10H13N3/c1-2-11-8-13-10-6-4-3-5-9(10)7-12-13/h3-7,11H,2,8H2,1H3. The average Bonchev–Trinajstić information content (AvgIpc) is 2.58. The lowest BCUT2D eigenvalue weighted by molar-refractivity contribution is 0.540. The highest BCUT2D eigenvalue weighted by Crippen LogP contribution is 2.11. The van der Waals surface area contributed by atoms with Crippen LogP contribution in [0.1, 0.15) is 6.92 Å². The summed E-state index contributed by atoms with van der Waals surface area (Å²) >= 11 is 0. The fourth-order valence-electron chi connectivity index (χ4n) is 1.37. The van der Waals surface area contributed by atoms with Gasteiger partial charge in [-0.1, -0.05) is 25.1 Å². The van der Waals surface area contributed by atoms with Gasteiger partial charge < -0.3 is 0 Å². The van der Waals surface area contributed by atoms with Crippen molar-refractivity contribution in [1.82, 2.24) is 15.1 Å². The number of hydrogen-bond donors (Lipinski definition) is 1. The summed E-state index contributed by atoms with van der Waals surface area (Å²) in [7, 11) is 0. The first-order valence-electron chi connectivity index (χ1n) is 4.53. The van der Waals surface area contributed by atoms with Crippen molar-refractivity contribution in [2.24, 2.45) is 0 Å². The normalized spacial score (nSPS) is 10.8. The summed E-state index contributed by atoms with van der Waals surface area (Å²) in [4.78, 5) is 0. The van der Waals surface area contributed by atoms with E-state index in [4.69, 9.17) is 0 Å². The monoisotopic (exact) mass is 175 g/mol. The highest BCUT2D eigenvalue weighted by molar-refractivity contribution is 5.78. The van der Waals surface area contributed by atoms with Gasteiger partial charge in [0.05, 0.1) is 18.4 Å². The molecule has 0 atom stereocenters. The molecular weight excluding hydrogens is 162 g/mol. The van der Waals surface area contributed by atoms with Crippen LogP contribution >= 0.6 is 0 Å². The molecule has 1 aromatic carbocycles. The second kappa shape index (κ2) is 3.58. The maximum absolute atomic E-state index is 4.29. The molecule has 1 N–H and O–H groups in total. The van der Waals surface area contributed by atoms with Crippen molar-refractivity contribution in [3.05, 3.63) is 30.5 Å². The number of rotatable bonds is 3. The third-order valence-electron chi connectivity index (χ3n) is 2.06. The van der Waals surface area contributed by atoms with Crippen molar-refractivity contribution >= 4 is 10.9 Å². The summed E-state index contributed by atoms with van der Waals surface area (Å²) < 4.78 is 1.97. The summed E-state index contributed by atoms with van der Waals surface area (Å²) in [5, 5.41) is 8.73. The minimum atomic E-state index is 0.782. The predicted molar refractivity (Wildman–Crippen MR) is 53.4 cm³/mol. The van der Waals surface area contributed by atoms with Crippen molar-refractivity contribution in [2.75, 3.05) is 6.54 Å². The van der Waals surface area contributed by atoms with Crippen LogP contribution in [0.5, 0.6) is 0 Å². The van der Waals surface area contributed by atoms with E-state index in [1.807, 2.05) is 23.0 Å². The molecule has 0 bridgehead atoms. The van der Waals surface area contributed by atoms with Gasteiger partial charge in [0, 0.05) is 5.39 Å². The number of benzene rings is 1. The summed E-state index contributed by atoms with van der Waals surface area (Å²) in [6, 6.07) is 8.22. The van der Waals surface area contributed by atoms with E-state index in [0.29, 0.717) is 0 Å². The zero-order valence-corrected chi connectivity index (χ0v) is 7.70. The van der Waals surface area contributed by atoms with E-state index in [0.717, 1.165) is 13.2 Å². The maximum atomic E-state index is 4.29. The van der Waals surface area contributed by atoms with E-state index in [2.05, 4.69) is 29.5 Å². The van der Waals surface area contributed by atoms with Crippen molar-refractivity contribution < 1.29 is 0 Å². The first-order chi connectivity index (χ1) is 6.42. The molecule has 3 nitrogen and oxygen atoms in total. The van der Waals surface area contributed by atoms with Crippen LogP contribution in [-0.4, -0.2) is 16.3 Å². The first kappa shape index (κ1) is 8.26.